The van der Waals surface area contributed by atoms with Crippen LogP contribution in [0.5, 0.6) is 0 Å². The summed E-state index contributed by atoms with van der Waals surface area (Å²) in [5.74, 6) is -0.107. The predicted molar refractivity (Wildman–Crippen MR) is 76.9 cm³/mol. The quantitative estimate of drug-likeness (QED) is 0.875. The molecule has 1 amide bonds. The van der Waals surface area contributed by atoms with Gasteiger partial charge in [0.15, 0.2) is 0 Å². The van der Waals surface area contributed by atoms with Crippen molar-refractivity contribution in [2.24, 2.45) is 5.41 Å². The van der Waals surface area contributed by atoms with E-state index < -0.39 is 0 Å². The fourth-order valence-corrected chi connectivity index (χ4v) is 2.91. The molecular formula is C15H23N3O. The molecule has 2 rings (SSSR count). The molecule has 1 saturated carbocycles. The molecule has 1 aliphatic rings. The molecule has 1 heterocycles. The average Bonchev–Trinajstić information content (AvgIpc) is 2.85. The van der Waals surface area contributed by atoms with Gasteiger partial charge in [-0.05, 0) is 37.7 Å². The number of nitrogen functional groups attached to an aromatic ring is 1. The molecule has 1 fully saturated rings. The summed E-state index contributed by atoms with van der Waals surface area (Å²) in [5.41, 5.74) is 7.98. The molecule has 0 aliphatic heterocycles. The van der Waals surface area contributed by atoms with E-state index >= 15 is 0 Å². The van der Waals surface area contributed by atoms with Crippen LogP contribution in [0.4, 0.5) is 5.69 Å². The van der Waals surface area contributed by atoms with E-state index in [1.807, 2.05) is 6.92 Å². The zero-order valence-electron chi connectivity index (χ0n) is 11.8. The standard InChI is InChI=1S/C15H23N3O/c1-3-15(6-4-5-7-15)10-18-14(19)12-9-17-11(2)8-13(12)16/h8-9H,3-7,10H2,1-2H3,(H2,16,17)(H,18,19). The second-order valence-corrected chi connectivity index (χ2v) is 5.66. The second-order valence-electron chi connectivity index (χ2n) is 5.66. The largest absolute Gasteiger partial charge is 0.398 e. The summed E-state index contributed by atoms with van der Waals surface area (Å²) in [5, 5.41) is 3.03. The van der Waals surface area contributed by atoms with Gasteiger partial charge in [0, 0.05) is 24.1 Å². The number of rotatable bonds is 4. The van der Waals surface area contributed by atoms with E-state index in [1.165, 1.54) is 25.7 Å². The number of carbonyl (C=O) groups excluding carboxylic acids is 1. The average molecular weight is 261 g/mol. The number of pyridine rings is 1. The molecule has 0 radical (unpaired) electrons. The first-order valence-corrected chi connectivity index (χ1v) is 7.07. The first-order valence-electron chi connectivity index (χ1n) is 7.07. The summed E-state index contributed by atoms with van der Waals surface area (Å²) in [4.78, 5) is 16.3. The molecule has 1 aromatic rings. The van der Waals surface area contributed by atoms with Gasteiger partial charge < -0.3 is 11.1 Å². The number of anilines is 1. The van der Waals surface area contributed by atoms with Crippen LogP contribution in [0.1, 0.15) is 55.1 Å². The van der Waals surface area contributed by atoms with Crippen LogP contribution in [-0.2, 0) is 0 Å². The Morgan fingerprint density at radius 2 is 2.16 bits per heavy atom. The minimum Gasteiger partial charge on any atom is -0.398 e. The molecule has 19 heavy (non-hydrogen) atoms. The Balaban J connectivity index is 2.01. The van der Waals surface area contributed by atoms with Gasteiger partial charge in [0.2, 0.25) is 0 Å². The van der Waals surface area contributed by atoms with Crippen molar-refractivity contribution in [2.75, 3.05) is 12.3 Å². The van der Waals surface area contributed by atoms with E-state index in [2.05, 4.69) is 17.2 Å². The van der Waals surface area contributed by atoms with Gasteiger partial charge in [-0.3, -0.25) is 9.78 Å². The molecular weight excluding hydrogens is 238 g/mol. The number of nitrogens with one attached hydrogen (secondary N) is 1. The number of nitrogens with zero attached hydrogens (tertiary/aromatic N) is 1. The topological polar surface area (TPSA) is 68.0 Å². The highest BCUT2D eigenvalue weighted by atomic mass is 16.1. The Morgan fingerprint density at radius 1 is 1.47 bits per heavy atom. The monoisotopic (exact) mass is 261 g/mol. The third-order valence-electron chi connectivity index (χ3n) is 4.36. The van der Waals surface area contributed by atoms with Gasteiger partial charge in [0.1, 0.15) is 0 Å². The van der Waals surface area contributed by atoms with Gasteiger partial charge in [-0.15, -0.1) is 0 Å². The number of hydrogen-bond acceptors (Lipinski definition) is 3. The van der Waals surface area contributed by atoms with Crippen LogP contribution in [-0.4, -0.2) is 17.4 Å². The van der Waals surface area contributed by atoms with Crippen molar-refractivity contribution in [2.45, 2.75) is 46.0 Å². The molecule has 0 bridgehead atoms. The first kappa shape index (κ1) is 13.8. The van der Waals surface area contributed by atoms with E-state index in [1.54, 1.807) is 12.3 Å². The fourth-order valence-electron chi connectivity index (χ4n) is 2.91. The van der Waals surface area contributed by atoms with Gasteiger partial charge in [0.25, 0.3) is 5.91 Å². The highest BCUT2D eigenvalue weighted by molar-refractivity contribution is 5.98. The van der Waals surface area contributed by atoms with Crippen molar-refractivity contribution in [3.8, 4) is 0 Å². The molecule has 0 atom stereocenters. The third-order valence-corrected chi connectivity index (χ3v) is 4.36. The molecule has 3 N–H and O–H groups in total. The number of hydrogen-bond donors (Lipinski definition) is 2. The Morgan fingerprint density at radius 3 is 2.74 bits per heavy atom. The second kappa shape index (κ2) is 5.59. The van der Waals surface area contributed by atoms with Crippen molar-refractivity contribution in [3.63, 3.8) is 0 Å². The van der Waals surface area contributed by atoms with Gasteiger partial charge in [-0.25, -0.2) is 0 Å². The molecule has 0 spiro atoms. The van der Waals surface area contributed by atoms with Gasteiger partial charge in [-0.1, -0.05) is 19.8 Å². The number of aromatic nitrogens is 1. The lowest BCUT2D eigenvalue weighted by Crippen LogP contribution is -2.36. The smallest absolute Gasteiger partial charge is 0.254 e. The zero-order chi connectivity index (χ0) is 13.9. The molecule has 1 aliphatic carbocycles. The van der Waals surface area contributed by atoms with Crippen LogP contribution in [0.15, 0.2) is 12.3 Å². The summed E-state index contributed by atoms with van der Waals surface area (Å²) in [6, 6.07) is 1.74. The molecule has 4 nitrogen and oxygen atoms in total. The van der Waals surface area contributed by atoms with Gasteiger partial charge in [0.05, 0.1) is 5.56 Å². The Hall–Kier alpha value is -1.58. The molecule has 0 aromatic carbocycles. The minimum absolute atomic E-state index is 0.107. The fraction of sp³-hybridized carbons (Fsp3) is 0.600. The van der Waals surface area contributed by atoms with E-state index in [9.17, 15) is 4.79 Å². The lowest BCUT2D eigenvalue weighted by Gasteiger charge is -2.27. The van der Waals surface area contributed by atoms with Crippen LogP contribution < -0.4 is 11.1 Å². The molecule has 0 saturated heterocycles. The molecule has 4 heteroatoms. The minimum atomic E-state index is -0.107. The predicted octanol–water partition coefficient (Wildman–Crippen LogP) is 2.67. The number of aryl methyl sites for hydroxylation is 1. The van der Waals surface area contributed by atoms with Crippen LogP contribution in [0, 0.1) is 12.3 Å². The van der Waals surface area contributed by atoms with E-state index in [4.69, 9.17) is 5.73 Å². The van der Waals surface area contributed by atoms with Gasteiger partial charge in [-0.2, -0.15) is 0 Å². The Labute approximate surface area is 114 Å². The van der Waals surface area contributed by atoms with E-state index in [0.717, 1.165) is 18.7 Å². The van der Waals surface area contributed by atoms with E-state index in [0.29, 0.717) is 16.7 Å². The maximum Gasteiger partial charge on any atom is 0.254 e. The molecule has 104 valence electrons. The number of carbonyl (C=O) groups is 1. The summed E-state index contributed by atoms with van der Waals surface area (Å²) in [7, 11) is 0. The Kier molecular flexibility index (Phi) is 4.08. The highest BCUT2D eigenvalue weighted by Crippen LogP contribution is 2.40. The summed E-state index contributed by atoms with van der Waals surface area (Å²) in [6.07, 6.45) is 7.66. The first-order chi connectivity index (χ1) is 9.06. The lowest BCUT2D eigenvalue weighted by molar-refractivity contribution is 0.0929. The number of nitrogens with two attached hydrogens (primary N) is 1. The van der Waals surface area contributed by atoms with Crippen molar-refractivity contribution < 1.29 is 4.79 Å². The summed E-state index contributed by atoms with van der Waals surface area (Å²) < 4.78 is 0. The van der Waals surface area contributed by atoms with Crippen LogP contribution >= 0.6 is 0 Å². The van der Waals surface area contributed by atoms with Crippen molar-refractivity contribution in [1.82, 2.24) is 10.3 Å². The summed E-state index contributed by atoms with van der Waals surface area (Å²) >= 11 is 0. The lowest BCUT2D eigenvalue weighted by atomic mass is 9.83. The van der Waals surface area contributed by atoms with Crippen molar-refractivity contribution >= 4 is 11.6 Å². The third kappa shape index (κ3) is 3.06. The van der Waals surface area contributed by atoms with Crippen LogP contribution in [0.3, 0.4) is 0 Å². The van der Waals surface area contributed by atoms with Crippen LogP contribution in [0.25, 0.3) is 0 Å². The maximum absolute atomic E-state index is 12.2. The van der Waals surface area contributed by atoms with Crippen molar-refractivity contribution in [1.29, 1.82) is 0 Å². The van der Waals surface area contributed by atoms with Gasteiger partial charge >= 0.3 is 0 Å². The van der Waals surface area contributed by atoms with Crippen LogP contribution in [0.2, 0.25) is 0 Å². The van der Waals surface area contributed by atoms with Crippen molar-refractivity contribution in [3.05, 3.63) is 23.5 Å². The highest BCUT2D eigenvalue weighted by Gasteiger charge is 2.32. The molecule has 1 aromatic heterocycles. The molecule has 0 unspecified atom stereocenters. The summed E-state index contributed by atoms with van der Waals surface area (Å²) in [6.45, 7) is 4.82. The Bertz CT molecular complexity index is 464. The number of amides is 1. The zero-order valence-corrected chi connectivity index (χ0v) is 11.8. The normalized spacial score (nSPS) is 17.4. The maximum atomic E-state index is 12.2. The van der Waals surface area contributed by atoms with E-state index in [-0.39, 0.29) is 5.91 Å². The SMILES string of the molecule is CCC1(CNC(=O)c2cnc(C)cc2N)CCCC1.